The van der Waals surface area contributed by atoms with E-state index < -0.39 is 0 Å². The molecule has 1 fully saturated rings. The van der Waals surface area contributed by atoms with Gasteiger partial charge in [-0.25, -0.2) is 0 Å². The van der Waals surface area contributed by atoms with Crippen molar-refractivity contribution in [1.29, 1.82) is 0 Å². The molecule has 0 aliphatic heterocycles. The Bertz CT molecular complexity index is 337. The lowest BCUT2D eigenvalue weighted by atomic mass is 10.0. The second kappa shape index (κ2) is 5.46. The summed E-state index contributed by atoms with van der Waals surface area (Å²) in [6.45, 7) is 0.849. The van der Waals surface area contributed by atoms with Crippen LogP contribution in [-0.2, 0) is 16.1 Å². The van der Waals surface area contributed by atoms with Crippen molar-refractivity contribution in [2.45, 2.75) is 31.8 Å². The van der Waals surface area contributed by atoms with Crippen LogP contribution in [0.15, 0.2) is 16.8 Å². The number of ether oxygens (including phenoxy) is 1. The highest BCUT2D eigenvalue weighted by Crippen LogP contribution is 2.27. The van der Waals surface area contributed by atoms with Gasteiger partial charge in [-0.05, 0) is 35.2 Å². The number of methoxy groups -OCH3 is 1. The predicted octanol–water partition coefficient (Wildman–Crippen LogP) is 2.18. The predicted molar refractivity (Wildman–Crippen MR) is 64.3 cm³/mol. The summed E-state index contributed by atoms with van der Waals surface area (Å²) in [4.78, 5) is 11.5. The van der Waals surface area contributed by atoms with E-state index in [1.165, 1.54) is 12.7 Å². The van der Waals surface area contributed by atoms with Crippen LogP contribution in [0, 0.1) is 5.92 Å². The van der Waals surface area contributed by atoms with Gasteiger partial charge in [0.05, 0.1) is 13.0 Å². The second-order valence-electron chi connectivity index (χ2n) is 4.18. The molecular formula is C12H17NO2S. The van der Waals surface area contributed by atoms with E-state index in [1.807, 2.05) is 0 Å². The molecule has 2 rings (SSSR count). The third-order valence-electron chi connectivity index (χ3n) is 3.17. The summed E-state index contributed by atoms with van der Waals surface area (Å²) in [6, 6.07) is 2.40. The molecule has 3 nitrogen and oxygen atoms in total. The van der Waals surface area contributed by atoms with E-state index in [0.717, 1.165) is 25.8 Å². The molecule has 2 atom stereocenters. The summed E-state index contributed by atoms with van der Waals surface area (Å²) in [6.07, 6.45) is 3.14. The molecule has 0 bridgehead atoms. The lowest BCUT2D eigenvalue weighted by Crippen LogP contribution is -2.36. The van der Waals surface area contributed by atoms with E-state index in [4.69, 9.17) is 4.74 Å². The molecule has 2 unspecified atom stereocenters. The summed E-state index contributed by atoms with van der Waals surface area (Å²) in [5, 5.41) is 7.66. The Morgan fingerprint density at radius 3 is 3.19 bits per heavy atom. The second-order valence-corrected chi connectivity index (χ2v) is 4.96. The number of carbonyl (C=O) groups excluding carboxylic acids is 1. The smallest absolute Gasteiger partial charge is 0.310 e. The molecule has 1 aliphatic carbocycles. The van der Waals surface area contributed by atoms with Crippen molar-refractivity contribution >= 4 is 17.3 Å². The van der Waals surface area contributed by atoms with Gasteiger partial charge >= 0.3 is 5.97 Å². The quantitative estimate of drug-likeness (QED) is 0.818. The zero-order valence-electron chi connectivity index (χ0n) is 9.44. The molecule has 1 heterocycles. The van der Waals surface area contributed by atoms with Crippen LogP contribution < -0.4 is 5.32 Å². The first-order valence-corrected chi connectivity index (χ1v) is 6.58. The average molecular weight is 239 g/mol. The van der Waals surface area contributed by atoms with E-state index in [9.17, 15) is 4.79 Å². The Labute approximate surface area is 99.8 Å². The molecule has 1 saturated carbocycles. The fraction of sp³-hybridized carbons (Fsp3) is 0.583. The fourth-order valence-electron chi connectivity index (χ4n) is 2.28. The zero-order valence-corrected chi connectivity index (χ0v) is 10.3. The maximum Gasteiger partial charge on any atom is 0.310 e. The molecule has 0 saturated heterocycles. The topological polar surface area (TPSA) is 38.3 Å². The highest BCUT2D eigenvalue weighted by Gasteiger charge is 2.33. The van der Waals surface area contributed by atoms with E-state index in [2.05, 4.69) is 22.1 Å². The number of hydrogen-bond acceptors (Lipinski definition) is 4. The van der Waals surface area contributed by atoms with Gasteiger partial charge in [0, 0.05) is 12.6 Å². The lowest BCUT2D eigenvalue weighted by molar-refractivity contribution is -0.145. The number of carbonyl (C=O) groups is 1. The van der Waals surface area contributed by atoms with Gasteiger partial charge in [-0.1, -0.05) is 6.42 Å². The van der Waals surface area contributed by atoms with Gasteiger partial charge in [-0.3, -0.25) is 4.79 Å². The first-order chi connectivity index (χ1) is 7.81. The lowest BCUT2D eigenvalue weighted by Gasteiger charge is -2.18. The van der Waals surface area contributed by atoms with E-state index >= 15 is 0 Å². The SMILES string of the molecule is COC(=O)C1CCCC1NCc1ccsc1. The summed E-state index contributed by atoms with van der Waals surface area (Å²) in [5.74, 6) is -0.0241. The molecule has 1 aromatic heterocycles. The fourth-order valence-corrected chi connectivity index (χ4v) is 2.95. The minimum absolute atomic E-state index is 0.0450. The number of rotatable bonds is 4. The van der Waals surface area contributed by atoms with E-state index in [1.54, 1.807) is 11.3 Å². The molecule has 1 aromatic rings. The van der Waals surface area contributed by atoms with Crippen molar-refractivity contribution in [3.8, 4) is 0 Å². The van der Waals surface area contributed by atoms with Gasteiger partial charge < -0.3 is 10.1 Å². The number of nitrogens with one attached hydrogen (secondary N) is 1. The van der Waals surface area contributed by atoms with Crippen molar-refractivity contribution in [1.82, 2.24) is 5.32 Å². The van der Waals surface area contributed by atoms with Crippen LogP contribution >= 0.6 is 11.3 Å². The highest BCUT2D eigenvalue weighted by atomic mass is 32.1. The van der Waals surface area contributed by atoms with Crippen LogP contribution in [0.1, 0.15) is 24.8 Å². The molecule has 0 aromatic carbocycles. The molecule has 0 spiro atoms. The Morgan fingerprint density at radius 1 is 1.62 bits per heavy atom. The van der Waals surface area contributed by atoms with E-state index in [-0.39, 0.29) is 17.9 Å². The Kier molecular flexibility index (Phi) is 3.96. The van der Waals surface area contributed by atoms with Gasteiger partial charge in [0.15, 0.2) is 0 Å². The normalized spacial score (nSPS) is 24.6. The van der Waals surface area contributed by atoms with Gasteiger partial charge in [0.2, 0.25) is 0 Å². The van der Waals surface area contributed by atoms with Gasteiger partial charge in [0.1, 0.15) is 0 Å². The minimum Gasteiger partial charge on any atom is -0.469 e. The molecule has 88 valence electrons. The third-order valence-corrected chi connectivity index (χ3v) is 3.90. The molecule has 16 heavy (non-hydrogen) atoms. The van der Waals surface area contributed by atoms with Crippen LogP contribution in [0.4, 0.5) is 0 Å². The van der Waals surface area contributed by atoms with Gasteiger partial charge in [-0.15, -0.1) is 0 Å². The van der Waals surface area contributed by atoms with Crippen molar-refractivity contribution in [2.24, 2.45) is 5.92 Å². The van der Waals surface area contributed by atoms with Gasteiger partial charge in [0.25, 0.3) is 0 Å². The zero-order chi connectivity index (χ0) is 11.4. The highest BCUT2D eigenvalue weighted by molar-refractivity contribution is 7.07. The molecule has 0 amide bonds. The summed E-state index contributed by atoms with van der Waals surface area (Å²) < 4.78 is 4.82. The van der Waals surface area contributed by atoms with Crippen LogP contribution in [0.25, 0.3) is 0 Å². The standard InChI is InChI=1S/C12H17NO2S/c1-15-12(14)10-3-2-4-11(10)13-7-9-5-6-16-8-9/h5-6,8,10-11,13H,2-4,7H2,1H3. The first-order valence-electron chi connectivity index (χ1n) is 5.63. The van der Waals surface area contributed by atoms with Crippen molar-refractivity contribution in [3.05, 3.63) is 22.4 Å². The molecular weight excluding hydrogens is 222 g/mol. The van der Waals surface area contributed by atoms with Gasteiger partial charge in [-0.2, -0.15) is 11.3 Å². The molecule has 4 heteroatoms. The van der Waals surface area contributed by atoms with Crippen molar-refractivity contribution in [3.63, 3.8) is 0 Å². The summed E-state index contributed by atoms with van der Waals surface area (Å²) in [5.41, 5.74) is 1.29. The minimum atomic E-state index is -0.0691. The Morgan fingerprint density at radius 2 is 2.50 bits per heavy atom. The summed E-state index contributed by atoms with van der Waals surface area (Å²) in [7, 11) is 1.47. The average Bonchev–Trinajstić information content (AvgIpc) is 2.96. The number of esters is 1. The molecule has 0 radical (unpaired) electrons. The third kappa shape index (κ3) is 2.62. The Hall–Kier alpha value is -0.870. The number of hydrogen-bond donors (Lipinski definition) is 1. The van der Waals surface area contributed by atoms with Crippen LogP contribution in [0.2, 0.25) is 0 Å². The van der Waals surface area contributed by atoms with Crippen LogP contribution in [-0.4, -0.2) is 19.1 Å². The van der Waals surface area contributed by atoms with Crippen LogP contribution in [0.3, 0.4) is 0 Å². The largest absolute Gasteiger partial charge is 0.469 e. The molecule has 1 N–H and O–H groups in total. The molecule has 1 aliphatic rings. The maximum atomic E-state index is 11.5. The van der Waals surface area contributed by atoms with Crippen molar-refractivity contribution < 1.29 is 9.53 Å². The monoisotopic (exact) mass is 239 g/mol. The first kappa shape index (κ1) is 11.6. The Balaban J connectivity index is 1.86. The van der Waals surface area contributed by atoms with Crippen molar-refractivity contribution in [2.75, 3.05) is 7.11 Å². The summed E-state index contributed by atoms with van der Waals surface area (Å²) >= 11 is 1.70. The van der Waals surface area contributed by atoms with Crippen LogP contribution in [0.5, 0.6) is 0 Å². The van der Waals surface area contributed by atoms with E-state index in [0.29, 0.717) is 0 Å². The number of thiophene rings is 1. The maximum absolute atomic E-state index is 11.5.